The minimum atomic E-state index is 0. The number of hydrogen-bond acceptors (Lipinski definition) is 4. The zero-order valence-corrected chi connectivity index (χ0v) is 21.5. The molecule has 1 aliphatic carbocycles. The van der Waals surface area contributed by atoms with Gasteiger partial charge in [-0.15, -0.1) is 24.0 Å². The molecule has 1 aliphatic heterocycles. The second-order valence-electron chi connectivity index (χ2n) is 8.29. The number of nitrogens with zero attached hydrogens (tertiary/aromatic N) is 3. The van der Waals surface area contributed by atoms with E-state index < -0.39 is 0 Å². The molecule has 1 heterocycles. The third kappa shape index (κ3) is 7.52. The van der Waals surface area contributed by atoms with Crippen LogP contribution in [0.15, 0.2) is 23.2 Å². The summed E-state index contributed by atoms with van der Waals surface area (Å²) in [5.41, 5.74) is 2.44. The Hall–Kier alpha value is -1.55. The molecule has 8 heteroatoms. The lowest BCUT2D eigenvalue weighted by atomic mass is 9.84. The van der Waals surface area contributed by atoms with Crippen LogP contribution in [0.25, 0.3) is 0 Å². The number of hydrogen-bond donors (Lipinski definition) is 2. The van der Waals surface area contributed by atoms with Crippen LogP contribution < -0.4 is 15.4 Å². The summed E-state index contributed by atoms with van der Waals surface area (Å²) in [4.78, 5) is 21.2. The van der Waals surface area contributed by atoms with Crippen molar-refractivity contribution in [2.24, 2.45) is 10.9 Å². The highest BCUT2D eigenvalue weighted by Gasteiger charge is 2.30. The molecule has 31 heavy (non-hydrogen) atoms. The highest BCUT2D eigenvalue weighted by atomic mass is 127. The number of guanidine groups is 1. The number of carbonyl (C=O) groups is 1. The highest BCUT2D eigenvalue weighted by Crippen LogP contribution is 2.28. The molecule has 2 fully saturated rings. The summed E-state index contributed by atoms with van der Waals surface area (Å²) in [7, 11) is 3.51. The summed E-state index contributed by atoms with van der Waals surface area (Å²) >= 11 is 0. The number of aliphatic imine (C=N–C) groups is 1. The van der Waals surface area contributed by atoms with E-state index in [4.69, 9.17) is 4.74 Å². The largest absolute Gasteiger partial charge is 0.496 e. The predicted octanol–water partition coefficient (Wildman–Crippen LogP) is 2.27. The van der Waals surface area contributed by atoms with Gasteiger partial charge < -0.3 is 20.3 Å². The molecule has 0 aromatic heterocycles. The summed E-state index contributed by atoms with van der Waals surface area (Å²) in [6, 6.07) is 6.27. The average molecular weight is 543 g/mol. The van der Waals surface area contributed by atoms with Gasteiger partial charge in [-0.3, -0.25) is 14.7 Å². The molecule has 2 N–H and O–H groups in total. The van der Waals surface area contributed by atoms with Crippen molar-refractivity contribution in [3.63, 3.8) is 0 Å². The number of carbonyl (C=O) groups excluding carboxylic acids is 1. The first-order valence-corrected chi connectivity index (χ1v) is 11.2. The van der Waals surface area contributed by atoms with E-state index in [0.29, 0.717) is 11.8 Å². The fourth-order valence-electron chi connectivity index (χ4n) is 4.08. The van der Waals surface area contributed by atoms with Gasteiger partial charge in [0.05, 0.1) is 7.11 Å². The first-order valence-electron chi connectivity index (χ1n) is 11.2. The van der Waals surface area contributed by atoms with E-state index in [1.807, 2.05) is 6.07 Å². The molecule has 1 aromatic rings. The second-order valence-corrected chi connectivity index (χ2v) is 8.29. The van der Waals surface area contributed by atoms with Gasteiger partial charge in [0.15, 0.2) is 5.96 Å². The van der Waals surface area contributed by atoms with Crippen molar-refractivity contribution in [2.75, 3.05) is 60.0 Å². The van der Waals surface area contributed by atoms with Crippen molar-refractivity contribution in [2.45, 2.75) is 32.6 Å². The van der Waals surface area contributed by atoms with E-state index in [-0.39, 0.29) is 24.0 Å². The summed E-state index contributed by atoms with van der Waals surface area (Å²) < 4.78 is 5.46. The maximum atomic E-state index is 12.4. The van der Waals surface area contributed by atoms with Gasteiger partial charge in [-0.2, -0.15) is 0 Å². The lowest BCUT2D eigenvalue weighted by Crippen LogP contribution is -2.52. The van der Waals surface area contributed by atoms with Crippen LogP contribution in [0.1, 0.15) is 30.4 Å². The van der Waals surface area contributed by atoms with E-state index in [2.05, 4.69) is 44.5 Å². The van der Waals surface area contributed by atoms with Crippen LogP contribution in [0.2, 0.25) is 0 Å². The minimum Gasteiger partial charge on any atom is -0.496 e. The molecule has 1 saturated heterocycles. The summed E-state index contributed by atoms with van der Waals surface area (Å²) in [6.07, 6.45) is 4.27. The minimum absolute atomic E-state index is 0. The van der Waals surface area contributed by atoms with Crippen LogP contribution in [0.4, 0.5) is 0 Å². The highest BCUT2D eigenvalue weighted by molar-refractivity contribution is 14.0. The number of benzene rings is 1. The quantitative estimate of drug-likeness (QED) is 0.299. The van der Waals surface area contributed by atoms with Crippen molar-refractivity contribution in [1.29, 1.82) is 0 Å². The Morgan fingerprint density at radius 3 is 2.48 bits per heavy atom. The second kappa shape index (κ2) is 13.1. The Kier molecular flexibility index (Phi) is 10.9. The molecule has 0 atom stereocenters. The van der Waals surface area contributed by atoms with Crippen molar-refractivity contribution >= 4 is 35.8 Å². The smallest absolute Gasteiger partial charge is 0.225 e. The van der Waals surface area contributed by atoms with Crippen LogP contribution in [0.5, 0.6) is 5.75 Å². The normalized spacial score (nSPS) is 17.5. The molecule has 7 nitrogen and oxygen atoms in total. The molecular formula is C23H38IN5O2. The fraction of sp³-hybridized carbons (Fsp3) is 0.652. The van der Waals surface area contributed by atoms with E-state index in [0.717, 1.165) is 76.8 Å². The Balaban J connectivity index is 0.00000341. The summed E-state index contributed by atoms with van der Waals surface area (Å²) in [6.45, 7) is 8.32. The van der Waals surface area contributed by atoms with Gasteiger partial charge >= 0.3 is 0 Å². The Morgan fingerprint density at radius 2 is 1.87 bits per heavy atom. The summed E-state index contributed by atoms with van der Waals surface area (Å²) in [5.74, 6) is 2.45. The molecule has 1 saturated carbocycles. The number of piperazine rings is 1. The molecular weight excluding hydrogens is 505 g/mol. The van der Waals surface area contributed by atoms with Gasteiger partial charge in [-0.05, 0) is 37.8 Å². The Morgan fingerprint density at radius 1 is 1.16 bits per heavy atom. The zero-order valence-electron chi connectivity index (χ0n) is 19.2. The Bertz CT molecular complexity index is 731. The number of aryl methyl sites for hydroxylation is 1. The standard InChI is InChI=1S/C23H37N5O2.HI/c1-18-7-8-21(30-3)20(17-18)9-10-25-23(24-2)26-11-12-27-13-15-28(16-14-27)22(29)19-5-4-6-19;/h7-8,17,19H,4-6,9-16H2,1-3H3,(H2,24,25,26);1H. The van der Waals surface area contributed by atoms with Crippen LogP contribution in [-0.4, -0.2) is 81.6 Å². The molecule has 1 aromatic carbocycles. The van der Waals surface area contributed by atoms with Gasteiger partial charge in [-0.1, -0.05) is 24.1 Å². The average Bonchev–Trinajstić information content (AvgIpc) is 2.72. The zero-order chi connectivity index (χ0) is 21.3. The molecule has 174 valence electrons. The molecule has 0 unspecified atom stereocenters. The maximum absolute atomic E-state index is 12.4. The SMILES string of the molecule is CN=C(NCCc1cc(C)ccc1OC)NCCN1CCN(C(=O)C2CCC2)CC1.I. The molecule has 0 radical (unpaired) electrons. The molecule has 0 spiro atoms. The third-order valence-corrected chi connectivity index (χ3v) is 6.21. The predicted molar refractivity (Wildman–Crippen MR) is 137 cm³/mol. The first kappa shape index (κ1) is 25.7. The number of halogens is 1. The first-order chi connectivity index (χ1) is 14.6. The Labute approximate surface area is 204 Å². The van der Waals surface area contributed by atoms with E-state index in [1.54, 1.807) is 14.2 Å². The number of amides is 1. The maximum Gasteiger partial charge on any atom is 0.225 e. The lowest BCUT2D eigenvalue weighted by molar-refractivity contribution is -0.139. The number of methoxy groups -OCH3 is 1. The summed E-state index contributed by atoms with van der Waals surface area (Å²) in [5, 5.41) is 6.78. The van der Waals surface area contributed by atoms with Crippen molar-refractivity contribution in [3.05, 3.63) is 29.3 Å². The molecule has 1 amide bonds. The van der Waals surface area contributed by atoms with Crippen LogP contribution in [0.3, 0.4) is 0 Å². The monoisotopic (exact) mass is 543 g/mol. The van der Waals surface area contributed by atoms with Crippen molar-refractivity contribution in [1.82, 2.24) is 20.4 Å². The van der Waals surface area contributed by atoms with Crippen molar-refractivity contribution < 1.29 is 9.53 Å². The van der Waals surface area contributed by atoms with Crippen LogP contribution in [0, 0.1) is 12.8 Å². The van der Waals surface area contributed by atoms with Gasteiger partial charge in [0.25, 0.3) is 0 Å². The fourth-order valence-corrected chi connectivity index (χ4v) is 4.08. The molecule has 3 rings (SSSR count). The van der Waals surface area contributed by atoms with E-state index in [1.165, 1.54) is 17.5 Å². The van der Waals surface area contributed by atoms with Crippen LogP contribution in [-0.2, 0) is 11.2 Å². The third-order valence-electron chi connectivity index (χ3n) is 6.21. The number of rotatable bonds is 8. The molecule has 0 bridgehead atoms. The van der Waals surface area contributed by atoms with E-state index >= 15 is 0 Å². The van der Waals surface area contributed by atoms with Gasteiger partial charge in [0, 0.05) is 58.8 Å². The number of nitrogens with one attached hydrogen (secondary N) is 2. The van der Waals surface area contributed by atoms with E-state index in [9.17, 15) is 4.79 Å². The van der Waals surface area contributed by atoms with Gasteiger partial charge in [-0.25, -0.2) is 0 Å². The van der Waals surface area contributed by atoms with Crippen LogP contribution >= 0.6 is 24.0 Å². The van der Waals surface area contributed by atoms with Gasteiger partial charge in [0.1, 0.15) is 5.75 Å². The van der Waals surface area contributed by atoms with Crippen molar-refractivity contribution in [3.8, 4) is 5.75 Å². The topological polar surface area (TPSA) is 69.2 Å². The number of ether oxygens (including phenoxy) is 1. The molecule has 2 aliphatic rings. The lowest BCUT2D eigenvalue weighted by Gasteiger charge is -2.38. The van der Waals surface area contributed by atoms with Gasteiger partial charge in [0.2, 0.25) is 5.91 Å².